The molecular formula is C22H27N5O4S. The molecule has 32 heavy (non-hydrogen) atoms. The molecule has 1 aliphatic rings. The number of rotatable bonds is 9. The number of aryl methyl sites for hydroxylation is 1. The van der Waals surface area contributed by atoms with Crippen LogP contribution < -0.4 is 10.1 Å². The lowest BCUT2D eigenvalue weighted by atomic mass is 10.2. The Morgan fingerprint density at radius 1 is 1.16 bits per heavy atom. The highest BCUT2D eigenvalue weighted by Gasteiger charge is 2.27. The summed E-state index contributed by atoms with van der Waals surface area (Å²) in [5.41, 5.74) is 2.26. The summed E-state index contributed by atoms with van der Waals surface area (Å²) in [4.78, 5) is 12.4. The monoisotopic (exact) mass is 457 g/mol. The van der Waals surface area contributed by atoms with Gasteiger partial charge in [-0.2, -0.15) is 4.31 Å². The predicted octanol–water partition coefficient (Wildman–Crippen LogP) is 2.32. The number of aromatic nitrogens is 3. The van der Waals surface area contributed by atoms with Crippen LogP contribution in [-0.2, 0) is 27.9 Å². The second kappa shape index (κ2) is 9.66. The first-order valence-electron chi connectivity index (χ1n) is 10.7. The van der Waals surface area contributed by atoms with Crippen molar-refractivity contribution in [3.8, 4) is 5.75 Å². The Bertz CT molecular complexity index is 1200. The molecule has 9 nitrogen and oxygen atoms in total. The molecular weight excluding hydrogens is 430 g/mol. The van der Waals surface area contributed by atoms with Gasteiger partial charge in [-0.25, -0.2) is 13.1 Å². The number of hydrogen-bond donors (Lipinski definition) is 1. The standard InChI is InChI=1S/C22H27N5O4S/c1-31-18-7-4-6-17(14-18)16-23-22(28)8-5-13-27-21-10-9-19(15-20(21)24-25-27)32(29,30)26-11-2-3-12-26/h4,6-7,9-10,14-15H,2-3,5,8,11-13,16H2,1H3,(H,23,28). The number of benzene rings is 2. The summed E-state index contributed by atoms with van der Waals surface area (Å²) in [5, 5.41) is 11.2. The van der Waals surface area contributed by atoms with Gasteiger partial charge in [0.1, 0.15) is 11.3 Å². The highest BCUT2D eigenvalue weighted by molar-refractivity contribution is 7.89. The molecule has 1 N–H and O–H groups in total. The topological polar surface area (TPSA) is 106 Å². The van der Waals surface area contributed by atoms with Crippen LogP contribution in [0.2, 0.25) is 0 Å². The van der Waals surface area contributed by atoms with E-state index >= 15 is 0 Å². The van der Waals surface area contributed by atoms with Gasteiger partial charge < -0.3 is 10.1 Å². The van der Waals surface area contributed by atoms with E-state index in [-0.39, 0.29) is 10.8 Å². The molecule has 3 aromatic rings. The van der Waals surface area contributed by atoms with Crippen LogP contribution in [0.25, 0.3) is 11.0 Å². The van der Waals surface area contributed by atoms with Gasteiger partial charge in [-0.15, -0.1) is 5.10 Å². The molecule has 10 heteroatoms. The number of fused-ring (bicyclic) bond motifs is 1. The summed E-state index contributed by atoms with van der Waals surface area (Å²) in [6.45, 7) is 2.08. The van der Waals surface area contributed by atoms with Gasteiger partial charge in [0.25, 0.3) is 0 Å². The fraction of sp³-hybridized carbons (Fsp3) is 0.409. The van der Waals surface area contributed by atoms with Gasteiger partial charge in [0.2, 0.25) is 15.9 Å². The van der Waals surface area contributed by atoms with Crippen molar-refractivity contribution in [2.45, 2.75) is 43.7 Å². The van der Waals surface area contributed by atoms with E-state index in [0.29, 0.717) is 44.5 Å². The fourth-order valence-corrected chi connectivity index (χ4v) is 5.35. The maximum atomic E-state index is 12.8. The maximum absolute atomic E-state index is 12.8. The molecule has 1 saturated heterocycles. The third kappa shape index (κ3) is 4.91. The van der Waals surface area contributed by atoms with Crippen LogP contribution in [-0.4, -0.2) is 53.8 Å². The van der Waals surface area contributed by atoms with Gasteiger partial charge in [0, 0.05) is 32.6 Å². The van der Waals surface area contributed by atoms with Gasteiger partial charge in [-0.3, -0.25) is 4.79 Å². The number of hydrogen-bond acceptors (Lipinski definition) is 6. The van der Waals surface area contributed by atoms with Crippen molar-refractivity contribution in [1.29, 1.82) is 0 Å². The molecule has 0 bridgehead atoms. The zero-order valence-electron chi connectivity index (χ0n) is 18.0. The van der Waals surface area contributed by atoms with Crippen molar-refractivity contribution in [2.75, 3.05) is 20.2 Å². The molecule has 170 valence electrons. The second-order valence-electron chi connectivity index (χ2n) is 7.81. The van der Waals surface area contributed by atoms with Crippen LogP contribution in [0.4, 0.5) is 0 Å². The average Bonchev–Trinajstić information content (AvgIpc) is 3.48. The normalized spacial score (nSPS) is 14.7. The van der Waals surface area contributed by atoms with E-state index in [1.807, 2.05) is 24.3 Å². The minimum atomic E-state index is -3.49. The first kappa shape index (κ1) is 22.2. The smallest absolute Gasteiger partial charge is 0.243 e. The Kier molecular flexibility index (Phi) is 6.71. The lowest BCUT2D eigenvalue weighted by molar-refractivity contribution is -0.121. The number of methoxy groups -OCH3 is 1. The van der Waals surface area contributed by atoms with E-state index in [4.69, 9.17) is 4.74 Å². The molecule has 1 aliphatic heterocycles. The number of amides is 1. The summed E-state index contributed by atoms with van der Waals surface area (Å²) in [7, 11) is -1.88. The van der Waals surface area contributed by atoms with Crippen molar-refractivity contribution >= 4 is 27.0 Å². The number of carbonyl (C=O) groups is 1. The molecule has 1 fully saturated rings. The van der Waals surface area contributed by atoms with Gasteiger partial charge >= 0.3 is 0 Å². The molecule has 0 aliphatic carbocycles. The number of nitrogens with zero attached hydrogens (tertiary/aromatic N) is 4. The van der Waals surface area contributed by atoms with Crippen LogP contribution in [0.5, 0.6) is 5.75 Å². The minimum Gasteiger partial charge on any atom is -0.497 e. The lowest BCUT2D eigenvalue weighted by Crippen LogP contribution is -2.27. The van der Waals surface area contributed by atoms with Gasteiger partial charge in [-0.1, -0.05) is 17.3 Å². The molecule has 1 amide bonds. The minimum absolute atomic E-state index is 0.0452. The molecule has 2 aromatic carbocycles. The fourth-order valence-electron chi connectivity index (χ4n) is 3.82. The Hall–Kier alpha value is -2.98. The maximum Gasteiger partial charge on any atom is 0.243 e. The molecule has 0 radical (unpaired) electrons. The second-order valence-corrected chi connectivity index (χ2v) is 9.74. The number of ether oxygens (including phenoxy) is 1. The van der Waals surface area contributed by atoms with E-state index < -0.39 is 10.0 Å². The van der Waals surface area contributed by atoms with E-state index in [2.05, 4.69) is 15.6 Å². The lowest BCUT2D eigenvalue weighted by Gasteiger charge is -2.15. The van der Waals surface area contributed by atoms with Gasteiger partial charge in [0.05, 0.1) is 17.5 Å². The number of sulfonamides is 1. The van der Waals surface area contributed by atoms with Crippen molar-refractivity contribution in [3.05, 3.63) is 48.0 Å². The van der Waals surface area contributed by atoms with Crippen LogP contribution in [0, 0.1) is 0 Å². The first-order chi connectivity index (χ1) is 15.5. The van der Waals surface area contributed by atoms with Gasteiger partial charge in [-0.05, 0) is 55.2 Å². The molecule has 1 aromatic heterocycles. The number of carbonyl (C=O) groups excluding carboxylic acids is 1. The Labute approximate surface area is 187 Å². The third-order valence-corrected chi connectivity index (χ3v) is 7.48. The van der Waals surface area contributed by atoms with Crippen molar-refractivity contribution < 1.29 is 17.9 Å². The molecule has 0 spiro atoms. The zero-order valence-corrected chi connectivity index (χ0v) is 18.8. The van der Waals surface area contributed by atoms with Crippen molar-refractivity contribution in [1.82, 2.24) is 24.6 Å². The Morgan fingerprint density at radius 2 is 1.97 bits per heavy atom. The van der Waals surface area contributed by atoms with Crippen LogP contribution in [0.15, 0.2) is 47.4 Å². The summed E-state index contributed by atoms with van der Waals surface area (Å²) in [6, 6.07) is 12.5. The highest BCUT2D eigenvalue weighted by atomic mass is 32.2. The Morgan fingerprint density at radius 3 is 2.75 bits per heavy atom. The molecule has 2 heterocycles. The van der Waals surface area contributed by atoms with E-state index in [9.17, 15) is 13.2 Å². The third-order valence-electron chi connectivity index (χ3n) is 5.59. The first-order valence-corrected chi connectivity index (χ1v) is 12.1. The zero-order chi connectivity index (χ0) is 22.6. The summed E-state index contributed by atoms with van der Waals surface area (Å²) in [6.07, 6.45) is 2.73. The quantitative estimate of drug-likeness (QED) is 0.529. The highest BCUT2D eigenvalue weighted by Crippen LogP contribution is 2.23. The summed E-state index contributed by atoms with van der Waals surface area (Å²) >= 11 is 0. The van der Waals surface area contributed by atoms with Gasteiger partial charge in [0.15, 0.2) is 0 Å². The average molecular weight is 458 g/mol. The van der Waals surface area contributed by atoms with E-state index in [1.165, 1.54) is 4.31 Å². The number of nitrogens with one attached hydrogen (secondary N) is 1. The molecule has 0 atom stereocenters. The van der Waals surface area contributed by atoms with Crippen LogP contribution >= 0.6 is 0 Å². The molecule has 4 rings (SSSR count). The predicted molar refractivity (Wildman–Crippen MR) is 120 cm³/mol. The van der Waals surface area contributed by atoms with E-state index in [0.717, 1.165) is 29.7 Å². The SMILES string of the molecule is COc1cccc(CNC(=O)CCCn2nnc3cc(S(=O)(=O)N4CCCC4)ccc32)c1. The van der Waals surface area contributed by atoms with Crippen molar-refractivity contribution in [2.24, 2.45) is 0 Å². The Balaban J connectivity index is 1.32. The summed E-state index contributed by atoms with van der Waals surface area (Å²) < 4.78 is 33.9. The molecule has 0 unspecified atom stereocenters. The van der Waals surface area contributed by atoms with E-state index in [1.54, 1.807) is 30.0 Å². The van der Waals surface area contributed by atoms with Crippen LogP contribution in [0.3, 0.4) is 0 Å². The summed E-state index contributed by atoms with van der Waals surface area (Å²) in [5.74, 6) is 0.711. The molecule has 0 saturated carbocycles. The largest absolute Gasteiger partial charge is 0.497 e. The van der Waals surface area contributed by atoms with Crippen molar-refractivity contribution in [3.63, 3.8) is 0 Å². The van der Waals surface area contributed by atoms with Crippen LogP contribution in [0.1, 0.15) is 31.2 Å².